The Morgan fingerprint density at radius 1 is 1.39 bits per heavy atom. The SMILES string of the molecule is CNCCN(C)CC(=O)N(C)Cc1ccc(C)o1. The maximum Gasteiger partial charge on any atom is 0.236 e. The fourth-order valence-corrected chi connectivity index (χ4v) is 1.63. The predicted octanol–water partition coefficient (Wildman–Crippen LogP) is 0.698. The van der Waals surface area contributed by atoms with Crippen LogP contribution in [0.1, 0.15) is 11.5 Å². The lowest BCUT2D eigenvalue weighted by Crippen LogP contribution is -2.38. The molecule has 1 rings (SSSR count). The molecule has 1 aromatic heterocycles. The van der Waals surface area contributed by atoms with Crippen molar-refractivity contribution in [3.05, 3.63) is 23.7 Å². The number of rotatable bonds is 7. The second-order valence-electron chi connectivity index (χ2n) is 4.60. The largest absolute Gasteiger partial charge is 0.464 e. The van der Waals surface area contributed by atoms with Gasteiger partial charge in [-0.25, -0.2) is 0 Å². The van der Waals surface area contributed by atoms with Gasteiger partial charge >= 0.3 is 0 Å². The minimum Gasteiger partial charge on any atom is -0.464 e. The Morgan fingerprint density at radius 2 is 2.11 bits per heavy atom. The van der Waals surface area contributed by atoms with Crippen LogP contribution in [0.4, 0.5) is 0 Å². The average Bonchev–Trinajstić information content (AvgIpc) is 2.72. The van der Waals surface area contributed by atoms with Gasteiger partial charge in [0.15, 0.2) is 0 Å². The van der Waals surface area contributed by atoms with Crippen LogP contribution in [0.3, 0.4) is 0 Å². The Morgan fingerprint density at radius 3 is 2.67 bits per heavy atom. The number of nitrogens with one attached hydrogen (secondary N) is 1. The minimum atomic E-state index is 0.0997. The quantitative estimate of drug-likeness (QED) is 0.777. The van der Waals surface area contributed by atoms with Gasteiger partial charge in [-0.2, -0.15) is 0 Å². The van der Waals surface area contributed by atoms with E-state index in [0.717, 1.165) is 24.6 Å². The van der Waals surface area contributed by atoms with E-state index >= 15 is 0 Å². The molecule has 0 fully saturated rings. The molecule has 1 N–H and O–H groups in total. The Balaban J connectivity index is 2.36. The van der Waals surface area contributed by atoms with Gasteiger partial charge in [0.1, 0.15) is 11.5 Å². The molecular weight excluding hydrogens is 230 g/mol. The van der Waals surface area contributed by atoms with Gasteiger partial charge in [0, 0.05) is 20.1 Å². The fourth-order valence-electron chi connectivity index (χ4n) is 1.63. The molecule has 5 nitrogen and oxygen atoms in total. The van der Waals surface area contributed by atoms with Crippen molar-refractivity contribution in [1.82, 2.24) is 15.1 Å². The Labute approximate surface area is 109 Å². The number of furan rings is 1. The first kappa shape index (κ1) is 14.7. The molecule has 18 heavy (non-hydrogen) atoms. The topological polar surface area (TPSA) is 48.7 Å². The Bertz CT molecular complexity index is 376. The first-order valence-corrected chi connectivity index (χ1v) is 6.15. The van der Waals surface area contributed by atoms with Gasteiger partial charge in [0.2, 0.25) is 5.91 Å². The van der Waals surface area contributed by atoms with Crippen molar-refractivity contribution >= 4 is 5.91 Å². The van der Waals surface area contributed by atoms with Gasteiger partial charge in [0.25, 0.3) is 0 Å². The summed E-state index contributed by atoms with van der Waals surface area (Å²) in [6.07, 6.45) is 0. The lowest BCUT2D eigenvalue weighted by atomic mass is 10.4. The third-order valence-electron chi connectivity index (χ3n) is 2.76. The van der Waals surface area contributed by atoms with E-state index in [1.165, 1.54) is 0 Å². The van der Waals surface area contributed by atoms with E-state index in [1.807, 2.05) is 38.1 Å². The highest BCUT2D eigenvalue weighted by Gasteiger charge is 2.13. The number of likely N-dealkylation sites (N-methyl/N-ethyl adjacent to an activating group) is 3. The Kier molecular flexibility index (Phi) is 5.88. The van der Waals surface area contributed by atoms with Gasteiger partial charge in [-0.05, 0) is 33.2 Å². The van der Waals surface area contributed by atoms with Crippen LogP contribution >= 0.6 is 0 Å². The van der Waals surface area contributed by atoms with Crippen LogP contribution in [0.5, 0.6) is 0 Å². The summed E-state index contributed by atoms with van der Waals surface area (Å²) in [6.45, 7) is 4.59. The molecule has 102 valence electrons. The van der Waals surface area contributed by atoms with Crippen LogP contribution in [0.2, 0.25) is 0 Å². The number of hydrogen-bond acceptors (Lipinski definition) is 4. The molecule has 0 spiro atoms. The van der Waals surface area contributed by atoms with Gasteiger partial charge in [-0.1, -0.05) is 0 Å². The lowest BCUT2D eigenvalue weighted by molar-refractivity contribution is -0.131. The van der Waals surface area contributed by atoms with Crippen molar-refractivity contribution in [2.45, 2.75) is 13.5 Å². The van der Waals surface area contributed by atoms with Gasteiger partial charge in [0.05, 0.1) is 13.1 Å². The van der Waals surface area contributed by atoms with Crippen LogP contribution < -0.4 is 5.32 Å². The number of nitrogens with zero attached hydrogens (tertiary/aromatic N) is 2. The van der Waals surface area contributed by atoms with E-state index in [-0.39, 0.29) is 5.91 Å². The van der Waals surface area contributed by atoms with Crippen molar-refractivity contribution in [3.8, 4) is 0 Å². The number of amides is 1. The second-order valence-corrected chi connectivity index (χ2v) is 4.60. The molecule has 0 bridgehead atoms. The maximum absolute atomic E-state index is 11.9. The highest BCUT2D eigenvalue weighted by atomic mass is 16.3. The van der Waals surface area contributed by atoms with Crippen LogP contribution in [0.15, 0.2) is 16.5 Å². The van der Waals surface area contributed by atoms with Crippen molar-refractivity contribution in [2.75, 3.05) is 40.8 Å². The molecule has 0 unspecified atom stereocenters. The molecule has 5 heteroatoms. The minimum absolute atomic E-state index is 0.0997. The number of carbonyl (C=O) groups is 1. The molecule has 0 radical (unpaired) electrons. The number of aryl methyl sites for hydroxylation is 1. The summed E-state index contributed by atoms with van der Waals surface area (Å²) in [5.74, 6) is 1.79. The summed E-state index contributed by atoms with van der Waals surface area (Å²) in [7, 11) is 5.65. The third-order valence-corrected chi connectivity index (χ3v) is 2.76. The molecule has 0 aliphatic carbocycles. The normalized spacial score (nSPS) is 10.9. The van der Waals surface area contributed by atoms with E-state index in [1.54, 1.807) is 11.9 Å². The molecule has 0 atom stereocenters. The van der Waals surface area contributed by atoms with Gasteiger partial charge in [-0.3, -0.25) is 9.69 Å². The van der Waals surface area contributed by atoms with E-state index in [2.05, 4.69) is 5.32 Å². The smallest absolute Gasteiger partial charge is 0.236 e. The zero-order chi connectivity index (χ0) is 13.5. The zero-order valence-electron chi connectivity index (χ0n) is 11.7. The van der Waals surface area contributed by atoms with Gasteiger partial charge < -0.3 is 14.6 Å². The average molecular weight is 253 g/mol. The fraction of sp³-hybridized carbons (Fsp3) is 0.615. The highest BCUT2D eigenvalue weighted by Crippen LogP contribution is 2.08. The summed E-state index contributed by atoms with van der Waals surface area (Å²) in [5.41, 5.74) is 0. The molecule has 1 amide bonds. The summed E-state index contributed by atoms with van der Waals surface area (Å²) >= 11 is 0. The van der Waals surface area contributed by atoms with Crippen LogP contribution in [0, 0.1) is 6.92 Å². The number of carbonyl (C=O) groups excluding carboxylic acids is 1. The van der Waals surface area contributed by atoms with Crippen LogP contribution in [-0.4, -0.2) is 56.5 Å². The van der Waals surface area contributed by atoms with Crippen molar-refractivity contribution in [2.24, 2.45) is 0 Å². The summed E-state index contributed by atoms with van der Waals surface area (Å²) in [6, 6.07) is 3.82. The summed E-state index contributed by atoms with van der Waals surface area (Å²) in [5, 5.41) is 3.06. The molecule has 1 heterocycles. The number of hydrogen-bond donors (Lipinski definition) is 1. The van der Waals surface area contributed by atoms with Crippen LogP contribution in [0.25, 0.3) is 0 Å². The van der Waals surface area contributed by atoms with E-state index in [9.17, 15) is 4.79 Å². The lowest BCUT2D eigenvalue weighted by Gasteiger charge is -2.21. The first-order chi connectivity index (χ1) is 8.52. The van der Waals surface area contributed by atoms with Crippen molar-refractivity contribution in [1.29, 1.82) is 0 Å². The molecule has 0 saturated heterocycles. The van der Waals surface area contributed by atoms with E-state index in [4.69, 9.17) is 4.42 Å². The Hall–Kier alpha value is -1.33. The van der Waals surface area contributed by atoms with Crippen molar-refractivity contribution < 1.29 is 9.21 Å². The van der Waals surface area contributed by atoms with Crippen LogP contribution in [-0.2, 0) is 11.3 Å². The van der Waals surface area contributed by atoms with E-state index < -0.39 is 0 Å². The zero-order valence-corrected chi connectivity index (χ0v) is 11.7. The molecule has 0 saturated carbocycles. The highest BCUT2D eigenvalue weighted by molar-refractivity contribution is 5.77. The molecule has 1 aromatic rings. The molecular formula is C13H23N3O2. The standard InChI is InChI=1S/C13H23N3O2/c1-11-5-6-12(18-11)9-16(4)13(17)10-15(3)8-7-14-2/h5-6,14H,7-10H2,1-4H3. The van der Waals surface area contributed by atoms with E-state index in [0.29, 0.717) is 13.1 Å². The maximum atomic E-state index is 11.9. The predicted molar refractivity (Wildman–Crippen MR) is 71.3 cm³/mol. The second kappa shape index (κ2) is 7.18. The van der Waals surface area contributed by atoms with Crippen molar-refractivity contribution in [3.63, 3.8) is 0 Å². The molecule has 0 aliphatic rings. The summed E-state index contributed by atoms with van der Waals surface area (Å²) in [4.78, 5) is 15.6. The first-order valence-electron chi connectivity index (χ1n) is 6.15. The molecule has 0 aliphatic heterocycles. The molecule has 0 aromatic carbocycles. The summed E-state index contributed by atoms with van der Waals surface area (Å²) < 4.78 is 5.46. The third kappa shape index (κ3) is 4.89. The monoisotopic (exact) mass is 253 g/mol. The van der Waals surface area contributed by atoms with Gasteiger partial charge in [-0.15, -0.1) is 0 Å².